The minimum absolute atomic E-state index is 0.118. The fourth-order valence-electron chi connectivity index (χ4n) is 4.72. The summed E-state index contributed by atoms with van der Waals surface area (Å²) in [5.41, 5.74) is -0.233. The summed E-state index contributed by atoms with van der Waals surface area (Å²) in [5, 5.41) is 20.3. The van der Waals surface area contributed by atoms with Crippen molar-refractivity contribution in [2.24, 2.45) is 11.3 Å². The lowest BCUT2D eigenvalue weighted by Gasteiger charge is -2.48. The second kappa shape index (κ2) is 9.60. The van der Waals surface area contributed by atoms with E-state index >= 15 is 0 Å². The molecule has 2 atom stereocenters. The second-order valence-electron chi connectivity index (χ2n) is 9.52. The summed E-state index contributed by atoms with van der Waals surface area (Å²) >= 11 is 0. The number of benzene rings is 2. The molecule has 0 aliphatic carbocycles. The monoisotopic (exact) mass is 530 g/mol. The standard InChI is InChI=1S/C25H26N2O9S/c1-15-4-10-18(11-5-15)37(33,34)36-22-20(26-21(25(22,2)3)19(12-13-28)23(26)29)24(30)35-14-16-6-8-17(9-7-16)27(31)32/h4-11,19,21,28H,12-14H2,1-3H3. The zero-order chi connectivity index (χ0) is 27.1. The van der Waals surface area contributed by atoms with Crippen LogP contribution in [0.25, 0.3) is 0 Å². The third-order valence-electron chi connectivity index (χ3n) is 6.65. The molecule has 2 unspecified atom stereocenters. The number of hydrogen-bond donors (Lipinski definition) is 1. The first-order valence-electron chi connectivity index (χ1n) is 11.5. The van der Waals surface area contributed by atoms with Crippen molar-refractivity contribution in [2.75, 3.05) is 6.61 Å². The molecule has 0 radical (unpaired) electrons. The molecular weight excluding hydrogens is 504 g/mol. The first-order valence-corrected chi connectivity index (χ1v) is 12.9. The largest absolute Gasteiger partial charge is 0.456 e. The van der Waals surface area contributed by atoms with Crippen LogP contribution in [0.2, 0.25) is 0 Å². The number of ether oxygens (including phenoxy) is 1. The van der Waals surface area contributed by atoms with Crippen molar-refractivity contribution >= 4 is 27.7 Å². The SMILES string of the molecule is Cc1ccc(S(=O)(=O)OC2=C(C(=O)OCc3ccc([N+](=O)[O-])cc3)N3C(=O)C(CCO)C3C2(C)C)cc1. The molecule has 2 aromatic carbocycles. The number of carbonyl (C=O) groups is 2. The summed E-state index contributed by atoms with van der Waals surface area (Å²) in [7, 11) is -4.36. The summed E-state index contributed by atoms with van der Waals surface area (Å²) < 4.78 is 37.2. The number of aliphatic hydroxyl groups excluding tert-OH is 1. The van der Waals surface area contributed by atoms with Crippen molar-refractivity contribution in [1.29, 1.82) is 0 Å². The molecule has 1 amide bonds. The van der Waals surface area contributed by atoms with Crippen molar-refractivity contribution in [3.8, 4) is 0 Å². The highest BCUT2D eigenvalue weighted by molar-refractivity contribution is 7.86. The Morgan fingerprint density at radius 1 is 1.14 bits per heavy atom. The number of carbonyl (C=O) groups excluding carboxylic acids is 2. The highest BCUT2D eigenvalue weighted by Crippen LogP contribution is 2.55. The van der Waals surface area contributed by atoms with E-state index in [-0.39, 0.29) is 41.7 Å². The quantitative estimate of drug-likeness (QED) is 0.169. The van der Waals surface area contributed by atoms with E-state index in [9.17, 15) is 33.2 Å². The molecule has 2 aromatic rings. The number of aliphatic hydroxyl groups is 1. The van der Waals surface area contributed by atoms with Gasteiger partial charge in [0.25, 0.3) is 5.69 Å². The third kappa shape index (κ3) is 4.69. The number of non-ortho nitro benzene ring substituents is 1. The summed E-state index contributed by atoms with van der Waals surface area (Å²) in [6, 6.07) is 10.7. The minimum Gasteiger partial charge on any atom is -0.456 e. The second-order valence-corrected chi connectivity index (χ2v) is 11.1. The molecule has 0 aromatic heterocycles. The number of β-lactam (4-membered cyclic amide) rings is 1. The molecule has 0 saturated carbocycles. The van der Waals surface area contributed by atoms with Crippen LogP contribution in [0.4, 0.5) is 5.69 Å². The summed E-state index contributed by atoms with van der Waals surface area (Å²) in [6.45, 7) is 4.60. The van der Waals surface area contributed by atoms with Gasteiger partial charge in [-0.05, 0) is 43.2 Å². The Bertz CT molecular complexity index is 1380. The van der Waals surface area contributed by atoms with Crippen molar-refractivity contribution in [3.63, 3.8) is 0 Å². The predicted octanol–water partition coefficient (Wildman–Crippen LogP) is 2.81. The van der Waals surface area contributed by atoms with E-state index in [1.165, 1.54) is 41.3 Å². The van der Waals surface area contributed by atoms with Gasteiger partial charge in [0, 0.05) is 24.2 Å². The Labute approximate surface area is 213 Å². The number of aryl methyl sites for hydroxylation is 1. The maximum Gasteiger partial charge on any atom is 0.359 e. The van der Waals surface area contributed by atoms with Gasteiger partial charge in [-0.2, -0.15) is 8.42 Å². The Kier molecular flexibility index (Phi) is 6.82. The molecule has 1 N–H and O–H groups in total. The van der Waals surface area contributed by atoms with Crippen LogP contribution in [0.3, 0.4) is 0 Å². The molecule has 12 heteroatoms. The number of rotatable bonds is 9. The van der Waals surface area contributed by atoms with Gasteiger partial charge in [0.05, 0.1) is 16.9 Å². The number of fused-ring (bicyclic) bond motifs is 1. The number of nitrogens with zero attached hydrogens (tertiary/aromatic N) is 2. The van der Waals surface area contributed by atoms with Crippen LogP contribution in [-0.4, -0.2) is 47.9 Å². The summed E-state index contributed by atoms with van der Waals surface area (Å²) in [5.74, 6) is -2.26. The van der Waals surface area contributed by atoms with E-state index in [4.69, 9.17) is 8.92 Å². The van der Waals surface area contributed by atoms with E-state index in [1.807, 2.05) is 0 Å². The predicted molar refractivity (Wildman–Crippen MR) is 129 cm³/mol. The average Bonchev–Trinajstić information content (AvgIpc) is 3.05. The van der Waals surface area contributed by atoms with Gasteiger partial charge in [-0.25, -0.2) is 4.79 Å². The maximum absolute atomic E-state index is 13.3. The van der Waals surface area contributed by atoms with E-state index in [0.717, 1.165) is 5.56 Å². The molecule has 2 aliphatic rings. The number of hydrogen-bond acceptors (Lipinski definition) is 9. The van der Waals surface area contributed by atoms with Gasteiger partial charge in [-0.1, -0.05) is 31.5 Å². The van der Waals surface area contributed by atoms with Crippen LogP contribution in [-0.2, 0) is 35.2 Å². The molecule has 4 rings (SSSR count). The van der Waals surface area contributed by atoms with Crippen molar-refractivity contribution in [1.82, 2.24) is 4.90 Å². The molecule has 0 bridgehead atoms. The topological polar surface area (TPSA) is 153 Å². The Morgan fingerprint density at radius 3 is 2.32 bits per heavy atom. The number of amides is 1. The van der Waals surface area contributed by atoms with Gasteiger partial charge >= 0.3 is 16.1 Å². The van der Waals surface area contributed by atoms with E-state index in [0.29, 0.717) is 5.56 Å². The molecule has 1 saturated heterocycles. The van der Waals surface area contributed by atoms with Crippen LogP contribution >= 0.6 is 0 Å². The third-order valence-corrected chi connectivity index (χ3v) is 7.88. The fourth-order valence-corrected chi connectivity index (χ4v) is 5.80. The van der Waals surface area contributed by atoms with Gasteiger partial charge in [0.2, 0.25) is 5.91 Å². The lowest BCUT2D eigenvalue weighted by Crippen LogP contribution is -2.62. The van der Waals surface area contributed by atoms with E-state index in [1.54, 1.807) is 32.9 Å². The highest BCUT2D eigenvalue weighted by Gasteiger charge is 2.65. The zero-order valence-electron chi connectivity index (χ0n) is 20.4. The first-order chi connectivity index (χ1) is 17.4. The Morgan fingerprint density at radius 2 is 1.76 bits per heavy atom. The zero-order valence-corrected chi connectivity index (χ0v) is 21.2. The van der Waals surface area contributed by atoms with Gasteiger partial charge in [-0.15, -0.1) is 0 Å². The summed E-state index contributed by atoms with van der Waals surface area (Å²) in [4.78, 5) is 37.5. The molecule has 1 fully saturated rings. The van der Waals surface area contributed by atoms with Crippen LogP contribution in [0.15, 0.2) is 64.9 Å². The molecule has 11 nitrogen and oxygen atoms in total. The van der Waals surface area contributed by atoms with E-state index < -0.39 is 44.3 Å². The molecular formula is C25H26N2O9S. The van der Waals surface area contributed by atoms with Gasteiger partial charge < -0.3 is 14.0 Å². The van der Waals surface area contributed by atoms with Crippen LogP contribution in [0.5, 0.6) is 0 Å². The molecule has 0 spiro atoms. The van der Waals surface area contributed by atoms with Crippen molar-refractivity contribution in [3.05, 3.63) is 81.2 Å². The molecule has 2 heterocycles. The normalized spacial score (nSPS) is 20.3. The average molecular weight is 531 g/mol. The van der Waals surface area contributed by atoms with Crippen LogP contribution in [0, 0.1) is 28.4 Å². The van der Waals surface area contributed by atoms with Crippen LogP contribution in [0.1, 0.15) is 31.4 Å². The highest BCUT2D eigenvalue weighted by atomic mass is 32.2. The fraction of sp³-hybridized carbons (Fsp3) is 0.360. The van der Waals surface area contributed by atoms with Crippen LogP contribution < -0.4 is 0 Å². The number of nitro groups is 1. The summed E-state index contributed by atoms with van der Waals surface area (Å²) in [6.07, 6.45) is 0.145. The minimum atomic E-state index is -4.36. The van der Waals surface area contributed by atoms with Gasteiger partial charge in [-0.3, -0.25) is 19.8 Å². The lowest BCUT2D eigenvalue weighted by molar-refractivity contribution is -0.384. The Balaban J connectivity index is 1.67. The maximum atomic E-state index is 13.3. The smallest absolute Gasteiger partial charge is 0.359 e. The van der Waals surface area contributed by atoms with Crippen molar-refractivity contribution < 1.29 is 37.0 Å². The lowest BCUT2D eigenvalue weighted by atomic mass is 9.71. The van der Waals surface area contributed by atoms with Crippen molar-refractivity contribution in [2.45, 2.75) is 44.7 Å². The Hall–Kier alpha value is -3.77. The number of esters is 1. The first kappa shape index (κ1) is 26.3. The van der Waals surface area contributed by atoms with Gasteiger partial charge in [0.1, 0.15) is 11.5 Å². The molecule has 2 aliphatic heterocycles. The van der Waals surface area contributed by atoms with E-state index in [2.05, 4.69) is 0 Å². The molecule has 196 valence electrons. The number of nitro benzene ring substituents is 1. The van der Waals surface area contributed by atoms with Gasteiger partial charge in [0.15, 0.2) is 11.5 Å². The molecule has 37 heavy (non-hydrogen) atoms.